The number of para-hydroxylation sites is 4. The van der Waals surface area contributed by atoms with E-state index in [1.807, 2.05) is 53.4 Å². The molecule has 0 radical (unpaired) electrons. The molecule has 27 heavy (non-hydrogen) atoms. The van der Waals surface area contributed by atoms with Crippen LogP contribution in [-0.2, 0) is 4.79 Å². The van der Waals surface area contributed by atoms with Crippen molar-refractivity contribution in [1.82, 2.24) is 9.88 Å². The molecular formula is C21H20N2O4. The van der Waals surface area contributed by atoms with Crippen LogP contribution in [0.3, 0.4) is 0 Å². The first-order valence-corrected chi connectivity index (χ1v) is 9.31. The minimum Gasteiger partial charge on any atom is -0.485 e. The van der Waals surface area contributed by atoms with E-state index >= 15 is 0 Å². The number of hydrogen-bond acceptors (Lipinski definition) is 5. The highest BCUT2D eigenvalue weighted by Gasteiger charge is 2.34. The van der Waals surface area contributed by atoms with Crippen LogP contribution < -0.4 is 9.47 Å². The predicted octanol–water partition coefficient (Wildman–Crippen LogP) is 3.37. The van der Waals surface area contributed by atoms with Crippen LogP contribution in [0.25, 0.3) is 11.1 Å². The maximum absolute atomic E-state index is 12.8. The lowest BCUT2D eigenvalue weighted by Crippen LogP contribution is -2.48. The normalized spacial score (nSPS) is 20.0. The second kappa shape index (κ2) is 6.61. The van der Waals surface area contributed by atoms with Gasteiger partial charge in [0.2, 0.25) is 6.10 Å². The standard InChI is InChI=1S/C21H20N2O4/c24-21(19-13-25-17-7-3-4-8-18(17)26-19)23-11-9-14(10-12-23)20-22-15-5-1-2-6-16(15)27-20/h1-8,14,19H,9-13H2/t19-/m1/s1. The van der Waals surface area contributed by atoms with Crippen molar-refractivity contribution < 1.29 is 18.7 Å². The molecule has 1 atom stereocenters. The molecule has 1 fully saturated rings. The number of nitrogens with zero attached hydrogens (tertiary/aromatic N) is 2. The van der Waals surface area contributed by atoms with Gasteiger partial charge in [0.1, 0.15) is 12.1 Å². The van der Waals surface area contributed by atoms with Crippen LogP contribution in [0.1, 0.15) is 24.7 Å². The maximum Gasteiger partial charge on any atom is 0.267 e. The molecule has 3 aromatic rings. The number of rotatable bonds is 2. The first-order valence-electron chi connectivity index (χ1n) is 9.31. The Kier molecular flexibility index (Phi) is 3.96. The van der Waals surface area contributed by atoms with Crippen LogP contribution in [0.4, 0.5) is 0 Å². The van der Waals surface area contributed by atoms with E-state index in [9.17, 15) is 4.79 Å². The number of hydrogen-bond donors (Lipinski definition) is 0. The third-order valence-corrected chi connectivity index (χ3v) is 5.25. The smallest absolute Gasteiger partial charge is 0.267 e. The molecule has 2 aliphatic heterocycles. The van der Waals surface area contributed by atoms with Gasteiger partial charge < -0.3 is 18.8 Å². The Labute approximate surface area is 156 Å². The van der Waals surface area contributed by atoms with Crippen LogP contribution in [0.15, 0.2) is 52.9 Å². The number of carbonyl (C=O) groups is 1. The molecular weight excluding hydrogens is 344 g/mol. The molecule has 1 aromatic heterocycles. The summed E-state index contributed by atoms with van der Waals surface area (Å²) in [6.45, 7) is 1.59. The van der Waals surface area contributed by atoms with Crippen molar-refractivity contribution in [1.29, 1.82) is 0 Å². The van der Waals surface area contributed by atoms with Crippen molar-refractivity contribution in [3.8, 4) is 11.5 Å². The first kappa shape index (κ1) is 16.2. The van der Waals surface area contributed by atoms with Gasteiger partial charge in [0.25, 0.3) is 5.91 Å². The molecule has 0 aliphatic carbocycles. The summed E-state index contributed by atoms with van der Waals surface area (Å²) < 4.78 is 17.4. The second-order valence-electron chi connectivity index (χ2n) is 6.98. The molecule has 0 unspecified atom stereocenters. The lowest BCUT2D eigenvalue weighted by Gasteiger charge is -2.34. The van der Waals surface area contributed by atoms with E-state index in [1.165, 1.54) is 0 Å². The Morgan fingerprint density at radius 2 is 1.74 bits per heavy atom. The first-order chi connectivity index (χ1) is 13.3. The molecule has 2 aliphatic rings. The number of piperidine rings is 1. The quantitative estimate of drug-likeness (QED) is 0.698. The number of ether oxygens (including phenoxy) is 2. The molecule has 5 rings (SSSR count). The Balaban J connectivity index is 1.23. The molecule has 0 bridgehead atoms. The van der Waals surface area contributed by atoms with Gasteiger partial charge in [0.15, 0.2) is 23.0 Å². The number of likely N-dealkylation sites (tertiary alicyclic amines) is 1. The van der Waals surface area contributed by atoms with Crippen LogP contribution in [-0.4, -0.2) is 41.6 Å². The summed E-state index contributed by atoms with van der Waals surface area (Å²) in [5, 5.41) is 0. The molecule has 138 valence electrons. The molecule has 1 amide bonds. The van der Waals surface area contributed by atoms with Crippen LogP contribution in [0.5, 0.6) is 11.5 Å². The van der Waals surface area contributed by atoms with Crippen molar-refractivity contribution in [2.24, 2.45) is 0 Å². The van der Waals surface area contributed by atoms with Gasteiger partial charge in [-0.3, -0.25) is 4.79 Å². The topological polar surface area (TPSA) is 64.8 Å². The summed E-state index contributed by atoms with van der Waals surface area (Å²) in [6.07, 6.45) is 1.09. The van der Waals surface area contributed by atoms with Crippen LogP contribution in [0.2, 0.25) is 0 Å². The van der Waals surface area contributed by atoms with E-state index in [2.05, 4.69) is 4.98 Å². The van der Waals surface area contributed by atoms with Crippen molar-refractivity contribution in [3.05, 3.63) is 54.4 Å². The van der Waals surface area contributed by atoms with Gasteiger partial charge >= 0.3 is 0 Å². The van der Waals surface area contributed by atoms with Gasteiger partial charge in [0.05, 0.1) is 0 Å². The fourth-order valence-corrected chi connectivity index (χ4v) is 3.76. The van der Waals surface area contributed by atoms with E-state index in [4.69, 9.17) is 13.9 Å². The molecule has 1 saturated heterocycles. The monoisotopic (exact) mass is 364 g/mol. The predicted molar refractivity (Wildman–Crippen MR) is 98.9 cm³/mol. The fraction of sp³-hybridized carbons (Fsp3) is 0.333. The molecule has 6 heteroatoms. The summed E-state index contributed by atoms with van der Waals surface area (Å²) in [5.41, 5.74) is 1.70. The van der Waals surface area contributed by atoms with E-state index in [0.717, 1.165) is 29.8 Å². The molecule has 2 aromatic carbocycles. The van der Waals surface area contributed by atoms with Crippen molar-refractivity contribution in [3.63, 3.8) is 0 Å². The second-order valence-corrected chi connectivity index (χ2v) is 6.98. The number of benzene rings is 2. The fourth-order valence-electron chi connectivity index (χ4n) is 3.76. The lowest BCUT2D eigenvalue weighted by molar-refractivity contribution is -0.142. The van der Waals surface area contributed by atoms with Gasteiger partial charge in [-0.25, -0.2) is 4.98 Å². The largest absolute Gasteiger partial charge is 0.485 e. The van der Waals surface area contributed by atoms with Crippen LogP contribution >= 0.6 is 0 Å². The van der Waals surface area contributed by atoms with Gasteiger partial charge in [-0.1, -0.05) is 24.3 Å². The van der Waals surface area contributed by atoms with Crippen molar-refractivity contribution >= 4 is 17.0 Å². The molecule has 0 saturated carbocycles. The molecule has 3 heterocycles. The van der Waals surface area contributed by atoms with Crippen molar-refractivity contribution in [2.45, 2.75) is 24.9 Å². The third-order valence-electron chi connectivity index (χ3n) is 5.25. The highest BCUT2D eigenvalue weighted by atomic mass is 16.6. The average molecular weight is 364 g/mol. The highest BCUT2D eigenvalue weighted by Crippen LogP contribution is 2.33. The molecule has 6 nitrogen and oxygen atoms in total. The summed E-state index contributed by atoms with van der Waals surface area (Å²) >= 11 is 0. The van der Waals surface area contributed by atoms with Gasteiger partial charge in [-0.05, 0) is 37.1 Å². The maximum atomic E-state index is 12.8. The zero-order valence-corrected chi connectivity index (χ0v) is 14.8. The number of carbonyl (C=O) groups excluding carboxylic acids is 1. The number of aromatic nitrogens is 1. The van der Waals surface area contributed by atoms with E-state index in [1.54, 1.807) is 0 Å². The number of fused-ring (bicyclic) bond motifs is 2. The summed E-state index contributed by atoms with van der Waals surface area (Å²) in [6, 6.07) is 15.2. The van der Waals surface area contributed by atoms with E-state index < -0.39 is 6.10 Å². The summed E-state index contributed by atoms with van der Waals surface area (Å²) in [4.78, 5) is 19.3. The van der Waals surface area contributed by atoms with E-state index in [-0.39, 0.29) is 18.4 Å². The SMILES string of the molecule is O=C([C@H]1COc2ccccc2O1)N1CCC(c2nc3ccccc3o2)CC1. The zero-order chi connectivity index (χ0) is 18.2. The number of oxazole rings is 1. The lowest BCUT2D eigenvalue weighted by atomic mass is 9.96. The minimum atomic E-state index is -0.583. The van der Waals surface area contributed by atoms with E-state index in [0.29, 0.717) is 24.6 Å². The molecule has 0 N–H and O–H groups in total. The Morgan fingerprint density at radius 3 is 2.56 bits per heavy atom. The Bertz CT molecular complexity index is 942. The number of amides is 1. The van der Waals surface area contributed by atoms with Crippen LogP contribution in [0, 0.1) is 0 Å². The minimum absolute atomic E-state index is 0.0134. The Hall–Kier alpha value is -3.02. The third kappa shape index (κ3) is 3.01. The zero-order valence-electron chi connectivity index (χ0n) is 14.8. The van der Waals surface area contributed by atoms with Gasteiger partial charge in [0, 0.05) is 19.0 Å². The summed E-state index contributed by atoms with van der Waals surface area (Å²) in [7, 11) is 0. The van der Waals surface area contributed by atoms with Crippen molar-refractivity contribution in [2.75, 3.05) is 19.7 Å². The van der Waals surface area contributed by atoms with Gasteiger partial charge in [-0.2, -0.15) is 0 Å². The highest BCUT2D eigenvalue weighted by molar-refractivity contribution is 5.82. The van der Waals surface area contributed by atoms with Gasteiger partial charge in [-0.15, -0.1) is 0 Å². The Morgan fingerprint density at radius 1 is 1.00 bits per heavy atom. The summed E-state index contributed by atoms with van der Waals surface area (Å²) in [5.74, 6) is 2.32. The molecule has 0 spiro atoms. The average Bonchev–Trinajstić information content (AvgIpc) is 3.17.